The lowest BCUT2D eigenvalue weighted by Gasteiger charge is -2.17. The van der Waals surface area contributed by atoms with Gasteiger partial charge in [0.15, 0.2) is 5.17 Å². The zero-order chi connectivity index (χ0) is 14.8. The molecular formula is C16H18N2O2S. The molecule has 2 aliphatic heterocycles. The number of carbonyl (C=O) groups is 1. The molecule has 5 heteroatoms. The lowest BCUT2D eigenvalue weighted by Crippen LogP contribution is -2.23. The van der Waals surface area contributed by atoms with Gasteiger partial charge in [0.1, 0.15) is 0 Å². The van der Waals surface area contributed by atoms with Crippen molar-refractivity contribution in [1.82, 2.24) is 4.90 Å². The first kappa shape index (κ1) is 14.2. The number of aryl methyl sites for hydroxylation is 1. The molecule has 4 nitrogen and oxygen atoms in total. The highest BCUT2D eigenvalue weighted by molar-refractivity contribution is 8.16. The van der Waals surface area contributed by atoms with Crippen LogP contribution in [-0.4, -0.2) is 29.2 Å². The van der Waals surface area contributed by atoms with Gasteiger partial charge in [-0.15, -0.1) is 0 Å². The van der Waals surface area contributed by atoms with Crippen LogP contribution in [0, 0.1) is 6.92 Å². The summed E-state index contributed by atoms with van der Waals surface area (Å²) in [6.07, 6.45) is 0.320. The third-order valence-corrected chi connectivity index (χ3v) is 4.52. The van der Waals surface area contributed by atoms with Gasteiger partial charge in [-0.05, 0) is 24.8 Å². The van der Waals surface area contributed by atoms with Gasteiger partial charge < -0.3 is 9.64 Å². The van der Waals surface area contributed by atoms with Crippen LogP contribution < -0.4 is 0 Å². The summed E-state index contributed by atoms with van der Waals surface area (Å²) in [4.78, 5) is 18.5. The summed E-state index contributed by atoms with van der Waals surface area (Å²) in [5, 5.41) is 2.99. The van der Waals surface area contributed by atoms with E-state index >= 15 is 0 Å². The summed E-state index contributed by atoms with van der Waals surface area (Å²) in [7, 11) is 0. The molecule has 0 amide bonds. The highest BCUT2D eigenvalue weighted by atomic mass is 32.2. The Hall–Kier alpha value is -1.75. The molecular weight excluding hydrogens is 284 g/mol. The number of hydrogen-bond acceptors (Lipinski definition) is 5. The van der Waals surface area contributed by atoms with Crippen molar-refractivity contribution in [3.8, 4) is 0 Å². The van der Waals surface area contributed by atoms with Crippen LogP contribution >= 0.6 is 11.8 Å². The first-order valence-electron chi connectivity index (χ1n) is 7.10. The van der Waals surface area contributed by atoms with Crippen LogP contribution in [-0.2, 0) is 9.53 Å². The highest BCUT2D eigenvalue weighted by Crippen LogP contribution is 2.37. The highest BCUT2D eigenvalue weighted by Gasteiger charge is 2.33. The molecule has 2 aliphatic rings. The smallest absolute Gasteiger partial charge is 0.311 e. The Morgan fingerprint density at radius 1 is 1.43 bits per heavy atom. The quantitative estimate of drug-likeness (QED) is 0.801. The predicted molar refractivity (Wildman–Crippen MR) is 85.0 cm³/mol. The fourth-order valence-electron chi connectivity index (χ4n) is 2.48. The third kappa shape index (κ3) is 2.97. The van der Waals surface area contributed by atoms with Gasteiger partial charge >= 0.3 is 5.97 Å². The lowest BCUT2D eigenvalue weighted by molar-refractivity contribution is -0.142. The Morgan fingerprint density at radius 2 is 2.19 bits per heavy atom. The standard InChI is InChI=1S/C16H18N2O2S/c1-3-20-15(19)8-13-10-21-16-17-14(9-18(13)16)12-6-4-11(2)5-7-12/h4-7,10,14H,3,8-9H2,1-2H3. The molecule has 1 aromatic carbocycles. The number of nitrogens with zero attached hydrogens (tertiary/aromatic N) is 2. The molecule has 0 aliphatic carbocycles. The van der Waals surface area contributed by atoms with Gasteiger partial charge in [0.25, 0.3) is 0 Å². The fraction of sp³-hybridized carbons (Fsp3) is 0.375. The van der Waals surface area contributed by atoms with Gasteiger partial charge in [-0.1, -0.05) is 41.6 Å². The van der Waals surface area contributed by atoms with Crippen molar-refractivity contribution in [2.24, 2.45) is 4.99 Å². The molecule has 0 aromatic heterocycles. The van der Waals surface area contributed by atoms with Gasteiger partial charge in [-0.2, -0.15) is 0 Å². The average molecular weight is 302 g/mol. The predicted octanol–water partition coefficient (Wildman–Crippen LogP) is 3.25. The van der Waals surface area contributed by atoms with Crippen LogP contribution in [0.2, 0.25) is 0 Å². The topological polar surface area (TPSA) is 41.9 Å². The third-order valence-electron chi connectivity index (χ3n) is 3.59. The molecule has 0 saturated heterocycles. The van der Waals surface area contributed by atoms with Crippen LogP contribution in [0.25, 0.3) is 0 Å². The Kier molecular flexibility index (Phi) is 4.01. The van der Waals surface area contributed by atoms with Crippen molar-refractivity contribution in [3.63, 3.8) is 0 Å². The second-order valence-electron chi connectivity index (χ2n) is 5.16. The van der Waals surface area contributed by atoms with Gasteiger partial charge in [-0.3, -0.25) is 9.79 Å². The summed E-state index contributed by atoms with van der Waals surface area (Å²) in [5.41, 5.74) is 3.47. The maximum absolute atomic E-state index is 11.6. The first-order chi connectivity index (χ1) is 10.2. The van der Waals surface area contributed by atoms with Crippen molar-refractivity contribution >= 4 is 22.9 Å². The second-order valence-corrected chi connectivity index (χ2v) is 5.99. The van der Waals surface area contributed by atoms with Crippen molar-refractivity contribution in [1.29, 1.82) is 0 Å². The molecule has 0 bridgehead atoms. The van der Waals surface area contributed by atoms with Crippen LogP contribution in [0.3, 0.4) is 0 Å². The summed E-state index contributed by atoms with van der Waals surface area (Å²) in [6.45, 7) is 5.13. The maximum Gasteiger partial charge on any atom is 0.311 e. The van der Waals surface area contributed by atoms with E-state index in [1.54, 1.807) is 11.8 Å². The molecule has 21 heavy (non-hydrogen) atoms. The molecule has 0 fully saturated rings. The molecule has 2 heterocycles. The minimum atomic E-state index is -0.176. The zero-order valence-electron chi connectivity index (χ0n) is 12.2. The Morgan fingerprint density at radius 3 is 2.90 bits per heavy atom. The van der Waals surface area contributed by atoms with E-state index in [1.165, 1.54) is 11.1 Å². The second kappa shape index (κ2) is 5.93. The largest absolute Gasteiger partial charge is 0.466 e. The molecule has 110 valence electrons. The van der Waals surface area contributed by atoms with Crippen LogP contribution in [0.5, 0.6) is 0 Å². The Labute approximate surface area is 128 Å². The molecule has 0 spiro atoms. The molecule has 0 N–H and O–H groups in total. The molecule has 1 aromatic rings. The van der Waals surface area contributed by atoms with Crippen molar-refractivity contribution in [2.45, 2.75) is 26.3 Å². The number of carbonyl (C=O) groups excluding carboxylic acids is 1. The number of thioether (sulfide) groups is 1. The van der Waals surface area contributed by atoms with E-state index in [4.69, 9.17) is 9.73 Å². The number of rotatable bonds is 4. The van der Waals surface area contributed by atoms with Gasteiger partial charge in [-0.25, -0.2) is 0 Å². The van der Waals surface area contributed by atoms with E-state index in [1.807, 2.05) is 12.3 Å². The number of fused-ring (bicyclic) bond motifs is 1. The minimum absolute atomic E-state index is 0.152. The number of ether oxygens (including phenoxy) is 1. The number of amidine groups is 1. The molecule has 0 radical (unpaired) electrons. The van der Waals surface area contributed by atoms with E-state index in [0.29, 0.717) is 13.0 Å². The van der Waals surface area contributed by atoms with E-state index in [2.05, 4.69) is 36.1 Å². The van der Waals surface area contributed by atoms with Crippen molar-refractivity contribution in [2.75, 3.05) is 13.2 Å². The summed E-state index contributed by atoms with van der Waals surface area (Å²) in [5.74, 6) is -0.176. The molecule has 3 rings (SSSR count). The minimum Gasteiger partial charge on any atom is -0.466 e. The number of esters is 1. The van der Waals surface area contributed by atoms with Gasteiger partial charge in [0.2, 0.25) is 0 Å². The van der Waals surface area contributed by atoms with Crippen molar-refractivity contribution < 1.29 is 9.53 Å². The van der Waals surface area contributed by atoms with Gasteiger partial charge in [0, 0.05) is 5.70 Å². The SMILES string of the molecule is CCOC(=O)CC1=CSC2=NC(c3ccc(C)cc3)CN12. The van der Waals surface area contributed by atoms with E-state index in [9.17, 15) is 4.79 Å². The average Bonchev–Trinajstić information content (AvgIpc) is 3.02. The van der Waals surface area contributed by atoms with E-state index in [0.717, 1.165) is 17.4 Å². The van der Waals surface area contributed by atoms with Crippen molar-refractivity contribution in [3.05, 3.63) is 46.5 Å². The molecule has 1 unspecified atom stereocenters. The monoisotopic (exact) mass is 302 g/mol. The number of hydrogen-bond donors (Lipinski definition) is 0. The normalized spacial score (nSPS) is 20.1. The van der Waals surface area contributed by atoms with Gasteiger partial charge in [0.05, 0.1) is 25.6 Å². The Bertz CT molecular complexity index is 607. The Balaban J connectivity index is 1.68. The number of benzene rings is 1. The van der Waals surface area contributed by atoms with Crippen LogP contribution in [0.15, 0.2) is 40.4 Å². The summed E-state index contributed by atoms with van der Waals surface area (Å²) in [6, 6.07) is 8.64. The van der Waals surface area contributed by atoms with Crippen LogP contribution in [0.4, 0.5) is 0 Å². The molecule has 0 saturated carbocycles. The van der Waals surface area contributed by atoms with E-state index in [-0.39, 0.29) is 12.0 Å². The zero-order valence-corrected chi connectivity index (χ0v) is 13.0. The molecule has 1 atom stereocenters. The maximum atomic E-state index is 11.6. The summed E-state index contributed by atoms with van der Waals surface area (Å²) < 4.78 is 5.02. The lowest BCUT2D eigenvalue weighted by atomic mass is 10.1. The summed E-state index contributed by atoms with van der Waals surface area (Å²) >= 11 is 1.59. The first-order valence-corrected chi connectivity index (χ1v) is 7.98. The fourth-order valence-corrected chi connectivity index (χ4v) is 3.44. The van der Waals surface area contributed by atoms with E-state index < -0.39 is 0 Å². The number of aliphatic imine (C=N–C) groups is 1. The van der Waals surface area contributed by atoms with Crippen LogP contribution in [0.1, 0.15) is 30.5 Å².